The molecule has 3 aliphatic rings. The molecule has 0 aromatic heterocycles. The van der Waals surface area contributed by atoms with E-state index in [9.17, 15) is 8.42 Å². The van der Waals surface area contributed by atoms with Gasteiger partial charge in [0.15, 0.2) is 0 Å². The van der Waals surface area contributed by atoms with Gasteiger partial charge in [0.25, 0.3) is 10.1 Å². The highest BCUT2D eigenvalue weighted by molar-refractivity contribution is 7.85. The van der Waals surface area contributed by atoms with Gasteiger partial charge in [0.2, 0.25) is 0 Å². The number of benzene rings is 1. The molecule has 4 rings (SSSR count). The molecule has 2 atom stereocenters. The number of fused-ring (bicyclic) bond motifs is 2. The third-order valence-corrected chi connectivity index (χ3v) is 4.33. The highest BCUT2D eigenvalue weighted by atomic mass is 32.2. The molecule has 2 heterocycles. The Morgan fingerprint density at radius 1 is 1.17 bits per heavy atom. The quantitative estimate of drug-likeness (QED) is 0.767. The Hall–Kier alpha value is -0.910. The first kappa shape index (κ1) is 13.5. The molecule has 1 aromatic rings. The third kappa shape index (κ3) is 3.54. The Labute approximate surface area is 108 Å². The molecule has 18 heavy (non-hydrogen) atoms. The summed E-state index contributed by atoms with van der Waals surface area (Å²) in [4.78, 5) is -0.0666. The van der Waals surface area contributed by atoms with Crippen molar-refractivity contribution in [2.24, 2.45) is 0 Å². The van der Waals surface area contributed by atoms with Crippen molar-refractivity contribution < 1.29 is 13.0 Å². The summed E-state index contributed by atoms with van der Waals surface area (Å²) in [6, 6.07) is 7.85. The predicted molar refractivity (Wildman–Crippen MR) is 70.2 cm³/mol. The van der Waals surface area contributed by atoms with Crippen LogP contribution in [-0.4, -0.2) is 25.1 Å². The van der Waals surface area contributed by atoms with Gasteiger partial charge in [-0.05, 0) is 38.3 Å². The van der Waals surface area contributed by atoms with Crippen molar-refractivity contribution in [3.05, 3.63) is 29.8 Å². The molecule has 5 heteroatoms. The minimum atomic E-state index is -4.02. The molecule has 2 bridgehead atoms. The first-order valence-corrected chi connectivity index (χ1v) is 7.69. The topological polar surface area (TPSA) is 66.4 Å². The lowest BCUT2D eigenvalue weighted by atomic mass is 9.83. The van der Waals surface area contributed by atoms with Crippen molar-refractivity contribution in [2.75, 3.05) is 0 Å². The van der Waals surface area contributed by atoms with Crippen LogP contribution in [0.2, 0.25) is 0 Å². The number of piperidine rings is 1. The van der Waals surface area contributed by atoms with Crippen molar-refractivity contribution in [3.63, 3.8) is 0 Å². The average molecular weight is 269 g/mol. The lowest BCUT2D eigenvalue weighted by molar-refractivity contribution is 0.182. The summed E-state index contributed by atoms with van der Waals surface area (Å²) >= 11 is 0. The van der Waals surface area contributed by atoms with Gasteiger partial charge in [0.1, 0.15) is 0 Å². The summed E-state index contributed by atoms with van der Waals surface area (Å²) in [7, 11) is -4.02. The number of nitrogens with one attached hydrogen (secondary N) is 1. The largest absolute Gasteiger partial charge is 0.311 e. The van der Waals surface area contributed by atoms with E-state index in [0.29, 0.717) is 0 Å². The van der Waals surface area contributed by atoms with Crippen LogP contribution in [0.15, 0.2) is 29.2 Å². The molecule has 4 nitrogen and oxygen atoms in total. The van der Waals surface area contributed by atoms with Crippen LogP contribution in [0, 0.1) is 6.92 Å². The van der Waals surface area contributed by atoms with Crippen LogP contribution in [0.1, 0.15) is 31.2 Å². The first-order valence-electron chi connectivity index (χ1n) is 6.25. The van der Waals surface area contributed by atoms with E-state index in [1.807, 2.05) is 6.92 Å². The summed E-state index contributed by atoms with van der Waals surface area (Å²) < 4.78 is 29.6. The maximum Gasteiger partial charge on any atom is 0.294 e. The van der Waals surface area contributed by atoms with Crippen LogP contribution in [0.25, 0.3) is 0 Å². The maximum atomic E-state index is 10.5. The van der Waals surface area contributed by atoms with Gasteiger partial charge in [-0.15, -0.1) is 0 Å². The van der Waals surface area contributed by atoms with Gasteiger partial charge in [-0.1, -0.05) is 24.1 Å². The first-order chi connectivity index (χ1) is 8.45. The standard InChI is InChI=1S/C7H8O3S.C6H11N/c1-6-2-4-7(5-3-6)11(8,9)10;1-2-5-4-6(3-1)7-5/h2-5H,1H3,(H,8,9,10);5-7H,1-4H2. The third-order valence-electron chi connectivity index (χ3n) is 3.46. The van der Waals surface area contributed by atoms with E-state index in [0.717, 1.165) is 17.6 Å². The highest BCUT2D eigenvalue weighted by Crippen LogP contribution is 2.27. The number of hydrogen-bond donors (Lipinski definition) is 2. The molecule has 0 spiro atoms. The van der Waals surface area contributed by atoms with Crippen LogP contribution in [0.5, 0.6) is 0 Å². The van der Waals surface area contributed by atoms with Gasteiger partial charge in [0, 0.05) is 12.1 Å². The Kier molecular flexibility index (Phi) is 4.04. The number of aryl methyl sites for hydroxylation is 1. The van der Waals surface area contributed by atoms with Gasteiger partial charge >= 0.3 is 0 Å². The van der Waals surface area contributed by atoms with E-state index < -0.39 is 10.1 Å². The fourth-order valence-corrected chi connectivity index (χ4v) is 2.86. The van der Waals surface area contributed by atoms with Gasteiger partial charge in [0.05, 0.1) is 4.90 Å². The maximum absolute atomic E-state index is 10.5. The summed E-state index contributed by atoms with van der Waals surface area (Å²) in [5, 5.41) is 3.48. The van der Waals surface area contributed by atoms with Crippen LogP contribution in [0.3, 0.4) is 0 Å². The normalized spacial score (nSPS) is 25.7. The van der Waals surface area contributed by atoms with E-state index in [1.54, 1.807) is 12.1 Å². The zero-order valence-corrected chi connectivity index (χ0v) is 11.3. The van der Waals surface area contributed by atoms with Crippen molar-refractivity contribution >= 4 is 10.1 Å². The highest BCUT2D eigenvalue weighted by Gasteiger charge is 2.31. The van der Waals surface area contributed by atoms with Crippen LogP contribution in [-0.2, 0) is 10.1 Å². The van der Waals surface area contributed by atoms with E-state index in [1.165, 1.54) is 37.8 Å². The minimum Gasteiger partial charge on any atom is -0.311 e. The molecule has 2 aliphatic heterocycles. The summed E-state index contributed by atoms with van der Waals surface area (Å²) in [5.41, 5.74) is 0.956. The second-order valence-corrected chi connectivity index (χ2v) is 6.44. The van der Waals surface area contributed by atoms with Gasteiger partial charge in [-0.2, -0.15) is 8.42 Å². The molecular formula is C13H19NO3S. The average Bonchev–Trinajstić information content (AvgIpc) is 2.29. The van der Waals surface area contributed by atoms with E-state index in [4.69, 9.17) is 4.55 Å². The molecule has 2 saturated heterocycles. The van der Waals surface area contributed by atoms with E-state index in [-0.39, 0.29) is 4.90 Å². The molecule has 0 amide bonds. The smallest absolute Gasteiger partial charge is 0.294 e. The molecule has 2 unspecified atom stereocenters. The molecule has 0 radical (unpaired) electrons. The number of rotatable bonds is 1. The molecule has 100 valence electrons. The number of hydrogen-bond acceptors (Lipinski definition) is 3. The Balaban J connectivity index is 0.000000146. The molecule has 2 N–H and O–H groups in total. The monoisotopic (exact) mass is 269 g/mol. The fraction of sp³-hybridized carbons (Fsp3) is 0.538. The Morgan fingerprint density at radius 3 is 1.94 bits per heavy atom. The minimum absolute atomic E-state index is 0.0666. The second kappa shape index (κ2) is 5.38. The van der Waals surface area contributed by atoms with Crippen LogP contribution < -0.4 is 5.32 Å². The van der Waals surface area contributed by atoms with E-state index >= 15 is 0 Å². The SMILES string of the molecule is C1CC2CC(C1)N2.Cc1ccc(S(=O)(=O)O)cc1. The fourth-order valence-electron chi connectivity index (χ4n) is 2.38. The lowest BCUT2D eigenvalue weighted by Gasteiger charge is -2.42. The molecule has 3 fully saturated rings. The second-order valence-electron chi connectivity index (χ2n) is 5.02. The van der Waals surface area contributed by atoms with Crippen molar-refractivity contribution in [1.29, 1.82) is 0 Å². The Morgan fingerprint density at radius 2 is 1.67 bits per heavy atom. The van der Waals surface area contributed by atoms with Gasteiger partial charge in [-0.3, -0.25) is 4.55 Å². The predicted octanol–water partition coefficient (Wildman–Crippen LogP) is 2.14. The zero-order chi connectivity index (χ0) is 13.2. The summed E-state index contributed by atoms with van der Waals surface area (Å²) in [6.07, 6.45) is 5.83. The molecule has 1 aliphatic carbocycles. The van der Waals surface area contributed by atoms with Crippen LogP contribution >= 0.6 is 0 Å². The van der Waals surface area contributed by atoms with Gasteiger partial charge in [-0.25, -0.2) is 0 Å². The summed E-state index contributed by atoms with van der Waals surface area (Å²) in [6.45, 7) is 1.84. The molecule has 1 aromatic carbocycles. The van der Waals surface area contributed by atoms with Gasteiger partial charge < -0.3 is 5.32 Å². The zero-order valence-electron chi connectivity index (χ0n) is 10.5. The lowest BCUT2D eigenvalue weighted by Crippen LogP contribution is -2.55. The molecule has 1 saturated carbocycles. The summed E-state index contributed by atoms with van der Waals surface area (Å²) in [5.74, 6) is 0. The van der Waals surface area contributed by atoms with Crippen LogP contribution in [0.4, 0.5) is 0 Å². The molecular weight excluding hydrogens is 250 g/mol. The van der Waals surface area contributed by atoms with Crippen molar-refractivity contribution in [2.45, 2.75) is 49.6 Å². The Bertz CT molecular complexity index is 476. The van der Waals surface area contributed by atoms with Crippen molar-refractivity contribution in [1.82, 2.24) is 5.32 Å². The van der Waals surface area contributed by atoms with E-state index in [2.05, 4.69) is 5.32 Å². The van der Waals surface area contributed by atoms with Crippen molar-refractivity contribution in [3.8, 4) is 0 Å².